The van der Waals surface area contributed by atoms with Crippen molar-refractivity contribution in [3.05, 3.63) is 0 Å². The van der Waals surface area contributed by atoms with Crippen LogP contribution < -0.4 is 11.5 Å². The summed E-state index contributed by atoms with van der Waals surface area (Å²) in [6, 6.07) is 1.09. The molecule has 2 bridgehead atoms. The lowest BCUT2D eigenvalue weighted by atomic mass is 10.0. The number of piperidine rings is 1. The molecule has 0 aliphatic carbocycles. The normalized spacial score (nSPS) is 32.1. The van der Waals surface area contributed by atoms with E-state index in [1.807, 2.05) is 0 Å². The summed E-state index contributed by atoms with van der Waals surface area (Å²) in [5.41, 5.74) is 8.50. The molecule has 4 nitrogen and oxygen atoms in total. The first-order valence-electron chi connectivity index (χ1n) is 4.88. The van der Waals surface area contributed by atoms with Crippen LogP contribution in [0.25, 0.3) is 0 Å². The minimum atomic E-state index is -0.833. The van der Waals surface area contributed by atoms with E-state index in [0.29, 0.717) is 0 Å². The molecule has 2 saturated heterocycles. The summed E-state index contributed by atoms with van der Waals surface area (Å²) >= 11 is 0. The topological polar surface area (TPSA) is 72.3 Å². The fraction of sp³-hybridized carbons (Fsp3) is 0.889. The number of primary amides is 2. The van der Waals surface area contributed by atoms with Crippen LogP contribution in [0.3, 0.4) is 0 Å². The molecule has 2 fully saturated rings. The second kappa shape index (κ2) is 4.46. The largest absolute Gasteiger partial charge is 0.352 e. The Labute approximate surface area is 79.3 Å². The van der Waals surface area contributed by atoms with Crippen LogP contribution in [0.5, 0.6) is 0 Å². The van der Waals surface area contributed by atoms with Gasteiger partial charge in [0.1, 0.15) is 0 Å². The van der Waals surface area contributed by atoms with E-state index >= 15 is 0 Å². The Hall–Kier alpha value is -0.770. The SMILES string of the molecule is CN1[C@@H]2CCC[C@H]1CC2.NC(N)=O. The standard InChI is InChI=1S/C8H15N.CH4N2O/c1-9-7-3-2-4-8(9)6-5-7;2-1(3)4/h7-8H,2-6H2,1H3;(H4,2,3,4)/t7-,8+;. The zero-order valence-corrected chi connectivity index (χ0v) is 8.20. The van der Waals surface area contributed by atoms with Gasteiger partial charge in [-0.1, -0.05) is 6.42 Å². The molecule has 2 aliphatic heterocycles. The molecule has 2 amide bonds. The zero-order chi connectivity index (χ0) is 9.84. The van der Waals surface area contributed by atoms with E-state index in [2.05, 4.69) is 23.4 Å². The third-order valence-corrected chi connectivity index (χ3v) is 3.06. The third-order valence-electron chi connectivity index (χ3n) is 3.06. The number of rotatable bonds is 0. The van der Waals surface area contributed by atoms with Crippen LogP contribution in [0.15, 0.2) is 0 Å². The molecule has 4 N–H and O–H groups in total. The molecule has 0 aromatic heterocycles. The molecular weight excluding hydrogens is 166 g/mol. The summed E-state index contributed by atoms with van der Waals surface area (Å²) in [6.07, 6.45) is 7.36. The Morgan fingerprint density at radius 2 is 1.54 bits per heavy atom. The van der Waals surface area contributed by atoms with Gasteiger partial charge in [-0.25, -0.2) is 4.79 Å². The van der Waals surface area contributed by atoms with Crippen molar-refractivity contribution in [2.24, 2.45) is 11.5 Å². The molecule has 0 radical (unpaired) electrons. The number of amides is 2. The number of nitrogens with zero attached hydrogens (tertiary/aromatic N) is 1. The number of carbonyl (C=O) groups excluding carboxylic acids is 1. The van der Waals surface area contributed by atoms with Gasteiger partial charge in [0, 0.05) is 12.1 Å². The summed E-state index contributed by atoms with van der Waals surface area (Å²) < 4.78 is 0. The fourth-order valence-corrected chi connectivity index (χ4v) is 2.38. The highest BCUT2D eigenvalue weighted by molar-refractivity contribution is 5.69. The van der Waals surface area contributed by atoms with Gasteiger partial charge in [0.15, 0.2) is 0 Å². The molecule has 76 valence electrons. The second-order valence-electron chi connectivity index (χ2n) is 3.88. The van der Waals surface area contributed by atoms with E-state index in [9.17, 15) is 0 Å². The van der Waals surface area contributed by atoms with Crippen LogP contribution in [-0.2, 0) is 0 Å². The van der Waals surface area contributed by atoms with E-state index in [-0.39, 0.29) is 0 Å². The molecule has 2 atom stereocenters. The summed E-state index contributed by atoms with van der Waals surface area (Å²) in [6.45, 7) is 0. The van der Waals surface area contributed by atoms with Crippen LogP contribution in [0.4, 0.5) is 4.79 Å². The molecule has 13 heavy (non-hydrogen) atoms. The predicted molar refractivity (Wildman–Crippen MR) is 52.2 cm³/mol. The quantitative estimate of drug-likeness (QED) is 0.582. The van der Waals surface area contributed by atoms with Gasteiger partial charge in [-0.05, 0) is 32.7 Å². The Balaban J connectivity index is 0.000000184. The number of fused-ring (bicyclic) bond motifs is 2. The van der Waals surface area contributed by atoms with Crippen LogP contribution in [0, 0.1) is 0 Å². The maximum absolute atomic E-state index is 9.00. The van der Waals surface area contributed by atoms with Gasteiger partial charge in [0.05, 0.1) is 0 Å². The van der Waals surface area contributed by atoms with Crippen molar-refractivity contribution < 1.29 is 4.79 Å². The van der Waals surface area contributed by atoms with E-state index < -0.39 is 6.03 Å². The van der Waals surface area contributed by atoms with Crippen LogP contribution in [0.1, 0.15) is 32.1 Å². The van der Waals surface area contributed by atoms with E-state index in [1.165, 1.54) is 32.1 Å². The first-order valence-corrected chi connectivity index (χ1v) is 4.88. The third kappa shape index (κ3) is 2.88. The van der Waals surface area contributed by atoms with Crippen LogP contribution >= 0.6 is 0 Å². The number of nitrogens with two attached hydrogens (primary N) is 2. The Kier molecular flexibility index (Phi) is 3.54. The lowest BCUT2D eigenvalue weighted by molar-refractivity contribution is 0.179. The van der Waals surface area contributed by atoms with Crippen molar-refractivity contribution in [2.75, 3.05) is 7.05 Å². The maximum Gasteiger partial charge on any atom is 0.309 e. The van der Waals surface area contributed by atoms with Gasteiger partial charge >= 0.3 is 6.03 Å². The van der Waals surface area contributed by atoms with E-state index in [0.717, 1.165) is 12.1 Å². The molecular formula is C9H19N3O. The second-order valence-corrected chi connectivity index (χ2v) is 3.88. The molecule has 0 aromatic rings. The van der Waals surface area contributed by atoms with Crippen molar-refractivity contribution in [3.8, 4) is 0 Å². The molecule has 2 aliphatic rings. The summed E-state index contributed by atoms with van der Waals surface area (Å²) in [5, 5.41) is 0. The number of urea groups is 1. The van der Waals surface area contributed by atoms with Gasteiger partial charge in [-0.15, -0.1) is 0 Å². The lowest BCUT2D eigenvalue weighted by Crippen LogP contribution is -2.35. The Bertz CT molecular complexity index is 164. The lowest BCUT2D eigenvalue weighted by Gasteiger charge is -2.30. The van der Waals surface area contributed by atoms with Gasteiger partial charge in [-0.2, -0.15) is 0 Å². The fourth-order valence-electron chi connectivity index (χ4n) is 2.38. The number of carbonyl (C=O) groups is 1. The molecule has 0 aromatic carbocycles. The minimum Gasteiger partial charge on any atom is -0.352 e. The van der Waals surface area contributed by atoms with Crippen molar-refractivity contribution in [1.29, 1.82) is 0 Å². The average molecular weight is 185 g/mol. The first-order chi connectivity index (χ1) is 6.11. The molecule has 0 saturated carbocycles. The molecule has 4 heteroatoms. The highest BCUT2D eigenvalue weighted by atomic mass is 16.2. The highest BCUT2D eigenvalue weighted by Gasteiger charge is 2.33. The monoisotopic (exact) mass is 185 g/mol. The Morgan fingerprint density at radius 3 is 1.85 bits per heavy atom. The Morgan fingerprint density at radius 1 is 1.15 bits per heavy atom. The van der Waals surface area contributed by atoms with Gasteiger partial charge in [-0.3, -0.25) is 0 Å². The summed E-state index contributed by atoms with van der Waals surface area (Å²) in [5.74, 6) is 0. The molecule has 0 unspecified atom stereocenters. The van der Waals surface area contributed by atoms with Gasteiger partial charge in [0.25, 0.3) is 0 Å². The molecule has 0 spiro atoms. The average Bonchev–Trinajstić information content (AvgIpc) is 2.31. The summed E-state index contributed by atoms with van der Waals surface area (Å²) in [7, 11) is 2.29. The van der Waals surface area contributed by atoms with Crippen molar-refractivity contribution in [2.45, 2.75) is 44.2 Å². The van der Waals surface area contributed by atoms with Crippen LogP contribution in [0.2, 0.25) is 0 Å². The van der Waals surface area contributed by atoms with Crippen molar-refractivity contribution in [3.63, 3.8) is 0 Å². The van der Waals surface area contributed by atoms with Gasteiger partial charge < -0.3 is 16.4 Å². The smallest absolute Gasteiger partial charge is 0.309 e. The molecule has 2 rings (SSSR count). The van der Waals surface area contributed by atoms with Crippen molar-refractivity contribution >= 4 is 6.03 Å². The first kappa shape index (κ1) is 10.3. The highest BCUT2D eigenvalue weighted by Crippen LogP contribution is 2.33. The van der Waals surface area contributed by atoms with Gasteiger partial charge in [0.2, 0.25) is 0 Å². The van der Waals surface area contributed by atoms with Crippen LogP contribution in [-0.4, -0.2) is 30.1 Å². The van der Waals surface area contributed by atoms with E-state index in [1.54, 1.807) is 0 Å². The molecule has 2 heterocycles. The zero-order valence-electron chi connectivity index (χ0n) is 8.20. The number of hydrogen-bond donors (Lipinski definition) is 2. The van der Waals surface area contributed by atoms with E-state index in [4.69, 9.17) is 4.79 Å². The summed E-state index contributed by atoms with van der Waals surface area (Å²) in [4.78, 5) is 11.6. The maximum atomic E-state index is 9.00. The predicted octanol–water partition coefficient (Wildman–Crippen LogP) is 0.657. The number of hydrogen-bond acceptors (Lipinski definition) is 2. The van der Waals surface area contributed by atoms with Crippen molar-refractivity contribution in [1.82, 2.24) is 4.90 Å². The minimum absolute atomic E-state index is 0.833.